The Morgan fingerprint density at radius 2 is 1.81 bits per heavy atom. The van der Waals surface area contributed by atoms with Gasteiger partial charge in [-0.25, -0.2) is 0 Å². The smallest absolute Gasteiger partial charge is 0.295 e. The number of carbonyl (C=O) groups is 2. The molecule has 0 aliphatic carbocycles. The summed E-state index contributed by atoms with van der Waals surface area (Å²) in [6.45, 7) is 2.58. The van der Waals surface area contributed by atoms with Crippen LogP contribution < -0.4 is 4.74 Å². The number of benzene rings is 2. The van der Waals surface area contributed by atoms with Gasteiger partial charge in [0.25, 0.3) is 11.7 Å². The van der Waals surface area contributed by atoms with Gasteiger partial charge in [-0.05, 0) is 65.4 Å². The second-order valence-electron chi connectivity index (χ2n) is 8.54. The van der Waals surface area contributed by atoms with E-state index in [1.54, 1.807) is 42.7 Å². The molecule has 3 heterocycles. The predicted molar refractivity (Wildman–Crippen MR) is 138 cm³/mol. The number of pyridine rings is 1. The normalized spacial score (nSPS) is 16.9. The van der Waals surface area contributed by atoms with Gasteiger partial charge in [-0.2, -0.15) is 0 Å². The van der Waals surface area contributed by atoms with Crippen molar-refractivity contribution in [1.82, 2.24) is 9.88 Å². The molecule has 1 fully saturated rings. The standard InChI is InChI=1S/C29H24N2O4S/c1-19-16-22(9-10-24(19)35-18-20-6-3-2-4-7-20)27(32)25-26(21-11-13-30-14-12-21)31(29(34)28(25)33)17-23-8-5-15-36-23/h2-16,26,32H,17-18H2,1H3/b27-25-. The zero-order valence-corrected chi connectivity index (χ0v) is 20.4. The minimum absolute atomic E-state index is 0.0695. The number of aromatic nitrogens is 1. The second-order valence-corrected chi connectivity index (χ2v) is 9.57. The third kappa shape index (κ3) is 4.65. The number of Topliss-reactive ketones (excluding diaryl/α,β-unsaturated/α-hetero) is 1. The van der Waals surface area contributed by atoms with Crippen LogP contribution in [-0.2, 0) is 22.7 Å². The summed E-state index contributed by atoms with van der Waals surface area (Å²) in [6.07, 6.45) is 3.23. The van der Waals surface area contributed by atoms with Crippen molar-refractivity contribution in [1.29, 1.82) is 0 Å². The topological polar surface area (TPSA) is 79.7 Å². The maximum absolute atomic E-state index is 13.2. The Labute approximate surface area is 213 Å². The lowest BCUT2D eigenvalue weighted by Gasteiger charge is -2.24. The molecule has 180 valence electrons. The number of aliphatic hydroxyl groups excluding tert-OH is 1. The number of aryl methyl sites for hydroxylation is 1. The fourth-order valence-corrected chi connectivity index (χ4v) is 5.06. The third-order valence-electron chi connectivity index (χ3n) is 6.15. The van der Waals surface area contributed by atoms with E-state index < -0.39 is 17.7 Å². The summed E-state index contributed by atoms with van der Waals surface area (Å²) in [5.41, 5.74) is 3.09. The summed E-state index contributed by atoms with van der Waals surface area (Å²) in [7, 11) is 0. The fraction of sp³-hybridized carbons (Fsp3) is 0.138. The number of aliphatic hydroxyl groups is 1. The van der Waals surface area contributed by atoms with Crippen LogP contribution in [0.25, 0.3) is 5.76 Å². The molecule has 5 rings (SSSR count). The molecule has 0 bridgehead atoms. The molecule has 1 saturated heterocycles. The highest BCUT2D eigenvalue weighted by atomic mass is 32.1. The number of ketones is 1. The summed E-state index contributed by atoms with van der Waals surface area (Å²) >= 11 is 1.51. The maximum Gasteiger partial charge on any atom is 0.295 e. The Morgan fingerprint density at radius 3 is 2.50 bits per heavy atom. The number of rotatable bonds is 7. The first-order chi connectivity index (χ1) is 17.5. The average Bonchev–Trinajstić information content (AvgIpc) is 3.51. The molecule has 1 aliphatic rings. The number of likely N-dealkylation sites (tertiary alicyclic amines) is 1. The molecule has 1 amide bonds. The molecule has 0 spiro atoms. The van der Waals surface area contributed by atoms with Crippen LogP contribution in [-0.4, -0.2) is 26.7 Å². The van der Waals surface area contributed by atoms with Crippen LogP contribution in [0.1, 0.15) is 33.2 Å². The van der Waals surface area contributed by atoms with Gasteiger partial charge in [0.15, 0.2) is 0 Å². The van der Waals surface area contributed by atoms with Gasteiger partial charge in [0.1, 0.15) is 18.1 Å². The van der Waals surface area contributed by atoms with E-state index in [0.717, 1.165) is 16.0 Å². The van der Waals surface area contributed by atoms with Gasteiger partial charge >= 0.3 is 0 Å². The van der Waals surface area contributed by atoms with Crippen molar-refractivity contribution in [3.05, 3.63) is 123 Å². The first-order valence-electron chi connectivity index (χ1n) is 11.5. The van der Waals surface area contributed by atoms with Gasteiger partial charge in [0.2, 0.25) is 0 Å². The van der Waals surface area contributed by atoms with Crippen molar-refractivity contribution in [3.8, 4) is 5.75 Å². The average molecular weight is 497 g/mol. The van der Waals surface area contributed by atoms with Gasteiger partial charge in [-0.3, -0.25) is 14.6 Å². The Bertz CT molecular complexity index is 1420. The van der Waals surface area contributed by atoms with Crippen molar-refractivity contribution in [3.63, 3.8) is 0 Å². The molecule has 6 nitrogen and oxygen atoms in total. The zero-order valence-electron chi connectivity index (χ0n) is 19.6. The molecule has 1 aliphatic heterocycles. The Balaban J connectivity index is 1.50. The number of nitrogens with zero attached hydrogens (tertiary/aromatic N) is 2. The lowest BCUT2D eigenvalue weighted by molar-refractivity contribution is -0.140. The molecular formula is C29H24N2O4S. The number of hydrogen-bond acceptors (Lipinski definition) is 6. The molecule has 1 N–H and O–H groups in total. The minimum atomic E-state index is -0.718. The van der Waals surface area contributed by atoms with Crippen LogP contribution >= 0.6 is 11.3 Å². The van der Waals surface area contributed by atoms with Crippen LogP contribution in [0.4, 0.5) is 0 Å². The molecule has 2 aromatic carbocycles. The van der Waals surface area contributed by atoms with Crippen molar-refractivity contribution in [2.75, 3.05) is 0 Å². The van der Waals surface area contributed by atoms with E-state index in [9.17, 15) is 14.7 Å². The molecule has 1 unspecified atom stereocenters. The number of carbonyl (C=O) groups excluding carboxylic acids is 2. The minimum Gasteiger partial charge on any atom is -0.507 e. The maximum atomic E-state index is 13.2. The molecule has 7 heteroatoms. The van der Waals surface area contributed by atoms with Crippen molar-refractivity contribution < 1.29 is 19.4 Å². The van der Waals surface area contributed by atoms with E-state index in [1.165, 1.54) is 16.2 Å². The van der Waals surface area contributed by atoms with Gasteiger partial charge in [-0.1, -0.05) is 36.4 Å². The molecule has 0 saturated carbocycles. The zero-order chi connectivity index (χ0) is 25.1. The molecule has 36 heavy (non-hydrogen) atoms. The fourth-order valence-electron chi connectivity index (χ4n) is 4.36. The Morgan fingerprint density at radius 1 is 1.03 bits per heavy atom. The molecule has 2 aromatic heterocycles. The van der Waals surface area contributed by atoms with Gasteiger partial charge < -0.3 is 14.7 Å². The second kappa shape index (κ2) is 10.2. The summed E-state index contributed by atoms with van der Waals surface area (Å²) < 4.78 is 5.95. The van der Waals surface area contributed by atoms with Crippen molar-refractivity contribution in [2.24, 2.45) is 0 Å². The van der Waals surface area contributed by atoms with Gasteiger partial charge in [-0.15, -0.1) is 11.3 Å². The molecule has 4 aromatic rings. The van der Waals surface area contributed by atoms with Crippen LogP contribution in [0.3, 0.4) is 0 Å². The van der Waals surface area contributed by atoms with Gasteiger partial charge in [0, 0.05) is 22.8 Å². The third-order valence-corrected chi connectivity index (χ3v) is 7.01. The van der Waals surface area contributed by atoms with Crippen LogP contribution in [0.2, 0.25) is 0 Å². The van der Waals surface area contributed by atoms with E-state index in [4.69, 9.17) is 4.74 Å². The first kappa shape index (κ1) is 23.5. The SMILES string of the molecule is Cc1cc(/C(O)=C2/C(=O)C(=O)N(Cc3cccs3)C2c2ccncc2)ccc1OCc1ccccc1. The van der Waals surface area contributed by atoms with E-state index in [2.05, 4.69) is 4.98 Å². The van der Waals surface area contributed by atoms with E-state index in [-0.39, 0.29) is 17.9 Å². The quantitative estimate of drug-likeness (QED) is 0.203. The number of amides is 1. The van der Waals surface area contributed by atoms with Crippen LogP contribution in [0.15, 0.2) is 96.1 Å². The summed E-state index contributed by atoms with van der Waals surface area (Å²) in [6, 6.07) is 21.7. The number of thiophene rings is 1. The highest BCUT2D eigenvalue weighted by Crippen LogP contribution is 2.40. The monoisotopic (exact) mass is 496 g/mol. The first-order valence-corrected chi connectivity index (χ1v) is 12.4. The highest BCUT2D eigenvalue weighted by Gasteiger charge is 2.46. The molecule has 1 atom stereocenters. The Hall–Kier alpha value is -4.23. The largest absolute Gasteiger partial charge is 0.507 e. The van der Waals surface area contributed by atoms with Crippen LogP contribution in [0, 0.1) is 6.92 Å². The van der Waals surface area contributed by atoms with E-state index in [1.807, 2.05) is 54.8 Å². The van der Waals surface area contributed by atoms with Crippen molar-refractivity contribution in [2.45, 2.75) is 26.1 Å². The summed E-state index contributed by atoms with van der Waals surface area (Å²) in [5, 5.41) is 13.3. The highest BCUT2D eigenvalue weighted by molar-refractivity contribution is 7.09. The summed E-state index contributed by atoms with van der Waals surface area (Å²) in [5.74, 6) is -0.861. The molecule has 0 radical (unpaired) electrons. The van der Waals surface area contributed by atoms with Crippen molar-refractivity contribution >= 4 is 28.8 Å². The molecular weight excluding hydrogens is 472 g/mol. The lowest BCUT2D eigenvalue weighted by Crippen LogP contribution is -2.28. The Kier molecular flexibility index (Phi) is 6.64. The summed E-state index contributed by atoms with van der Waals surface area (Å²) in [4.78, 5) is 32.8. The lowest BCUT2D eigenvalue weighted by atomic mass is 9.95. The van der Waals surface area contributed by atoms with Crippen LogP contribution in [0.5, 0.6) is 5.75 Å². The van der Waals surface area contributed by atoms with E-state index >= 15 is 0 Å². The predicted octanol–water partition coefficient (Wildman–Crippen LogP) is 5.65. The number of ether oxygens (including phenoxy) is 1. The van der Waals surface area contributed by atoms with E-state index in [0.29, 0.717) is 23.5 Å². The number of hydrogen-bond donors (Lipinski definition) is 1. The van der Waals surface area contributed by atoms with Gasteiger partial charge in [0.05, 0.1) is 18.2 Å².